The van der Waals surface area contributed by atoms with Crippen molar-refractivity contribution in [2.75, 3.05) is 26.8 Å². The van der Waals surface area contributed by atoms with E-state index in [0.717, 1.165) is 12.8 Å². The first-order valence-corrected chi connectivity index (χ1v) is 6.20. The van der Waals surface area contributed by atoms with Crippen LogP contribution in [0.2, 0.25) is 0 Å². The van der Waals surface area contributed by atoms with E-state index in [4.69, 9.17) is 10.5 Å². The number of aliphatic hydroxyl groups is 1. The highest BCUT2D eigenvalue weighted by Gasteiger charge is 2.46. The van der Waals surface area contributed by atoms with Crippen LogP contribution in [0.4, 0.5) is 0 Å². The topological polar surface area (TPSA) is 75.8 Å². The smallest absolute Gasteiger partial charge is 0.232 e. The van der Waals surface area contributed by atoms with Crippen LogP contribution in [-0.4, -0.2) is 54.9 Å². The molecule has 1 saturated carbocycles. The average Bonchev–Trinajstić information content (AvgIpc) is 2.57. The molecule has 5 nitrogen and oxygen atoms in total. The van der Waals surface area contributed by atoms with Gasteiger partial charge in [0.1, 0.15) is 0 Å². The molecular formula is C12H22N2O3. The third-order valence-electron chi connectivity index (χ3n) is 4.10. The van der Waals surface area contributed by atoms with E-state index in [-0.39, 0.29) is 18.1 Å². The molecule has 1 aliphatic heterocycles. The lowest BCUT2D eigenvalue weighted by atomic mass is 9.80. The number of aliphatic hydroxyl groups excluding tert-OH is 1. The Labute approximate surface area is 102 Å². The number of carbonyl (C=O) groups is 1. The zero-order valence-electron chi connectivity index (χ0n) is 10.6. The van der Waals surface area contributed by atoms with Crippen molar-refractivity contribution < 1.29 is 14.6 Å². The first-order chi connectivity index (χ1) is 7.93. The van der Waals surface area contributed by atoms with E-state index in [1.165, 1.54) is 0 Å². The molecule has 0 bridgehead atoms. The highest BCUT2D eigenvalue weighted by Crippen LogP contribution is 2.32. The van der Waals surface area contributed by atoms with Crippen molar-refractivity contribution in [3.8, 4) is 0 Å². The van der Waals surface area contributed by atoms with Crippen LogP contribution in [0.25, 0.3) is 0 Å². The number of nitrogens with two attached hydrogens (primary N) is 1. The third-order valence-corrected chi connectivity index (χ3v) is 4.10. The number of nitrogens with zero attached hydrogens (tertiary/aromatic N) is 1. The highest BCUT2D eigenvalue weighted by molar-refractivity contribution is 5.83. The highest BCUT2D eigenvalue weighted by atomic mass is 16.5. The monoisotopic (exact) mass is 242 g/mol. The molecule has 2 atom stereocenters. The third kappa shape index (κ3) is 2.32. The number of carbonyl (C=O) groups excluding carboxylic acids is 1. The van der Waals surface area contributed by atoms with Gasteiger partial charge in [-0.05, 0) is 25.7 Å². The van der Waals surface area contributed by atoms with Gasteiger partial charge in [-0.1, -0.05) is 0 Å². The van der Waals surface area contributed by atoms with Gasteiger partial charge < -0.3 is 20.5 Å². The van der Waals surface area contributed by atoms with Crippen molar-refractivity contribution in [2.24, 2.45) is 17.1 Å². The molecule has 0 aromatic carbocycles. The Balaban J connectivity index is 1.90. The standard InChI is InChI=1S/C12H22N2O3/c1-12(7-17-6-10(12)13)11(16)14(2)5-8-3-9(15)4-8/h8-10,15H,3-7,13H2,1-2H3. The van der Waals surface area contributed by atoms with Crippen LogP contribution in [0.5, 0.6) is 0 Å². The molecule has 17 heavy (non-hydrogen) atoms. The lowest BCUT2D eigenvalue weighted by molar-refractivity contribution is -0.142. The van der Waals surface area contributed by atoms with Crippen LogP contribution in [0.15, 0.2) is 0 Å². The first kappa shape index (κ1) is 12.8. The largest absolute Gasteiger partial charge is 0.393 e. The van der Waals surface area contributed by atoms with Crippen LogP contribution in [0.3, 0.4) is 0 Å². The summed E-state index contributed by atoms with van der Waals surface area (Å²) in [5, 5.41) is 9.23. The molecule has 0 spiro atoms. The van der Waals surface area contributed by atoms with Crippen molar-refractivity contribution in [2.45, 2.75) is 31.9 Å². The van der Waals surface area contributed by atoms with E-state index in [1.54, 1.807) is 4.90 Å². The second-order valence-corrected chi connectivity index (χ2v) is 5.72. The zero-order valence-corrected chi connectivity index (χ0v) is 10.6. The molecule has 2 unspecified atom stereocenters. The molecule has 5 heteroatoms. The van der Waals surface area contributed by atoms with Crippen molar-refractivity contribution in [1.29, 1.82) is 0 Å². The summed E-state index contributed by atoms with van der Waals surface area (Å²) in [5.74, 6) is 0.491. The molecule has 1 amide bonds. The average molecular weight is 242 g/mol. The fourth-order valence-corrected chi connectivity index (χ4v) is 2.67. The fourth-order valence-electron chi connectivity index (χ4n) is 2.67. The summed E-state index contributed by atoms with van der Waals surface area (Å²) < 4.78 is 5.29. The Hall–Kier alpha value is -0.650. The normalized spacial score (nSPS) is 41.1. The predicted molar refractivity (Wildman–Crippen MR) is 63.3 cm³/mol. The van der Waals surface area contributed by atoms with E-state index >= 15 is 0 Å². The Bertz CT molecular complexity index is 304. The quantitative estimate of drug-likeness (QED) is 0.705. The Kier molecular flexibility index (Phi) is 3.43. The summed E-state index contributed by atoms with van der Waals surface area (Å²) in [6.07, 6.45) is 1.43. The molecule has 1 aliphatic carbocycles. The maximum absolute atomic E-state index is 12.3. The van der Waals surface area contributed by atoms with Crippen molar-refractivity contribution in [3.05, 3.63) is 0 Å². The van der Waals surface area contributed by atoms with Gasteiger partial charge in [0.05, 0.1) is 24.7 Å². The Morgan fingerprint density at radius 1 is 1.59 bits per heavy atom. The molecule has 98 valence electrons. The van der Waals surface area contributed by atoms with Crippen molar-refractivity contribution in [1.82, 2.24) is 4.90 Å². The van der Waals surface area contributed by atoms with E-state index in [9.17, 15) is 9.90 Å². The van der Waals surface area contributed by atoms with Gasteiger partial charge >= 0.3 is 0 Å². The first-order valence-electron chi connectivity index (χ1n) is 6.20. The minimum Gasteiger partial charge on any atom is -0.393 e. The van der Waals surface area contributed by atoms with E-state index in [0.29, 0.717) is 25.7 Å². The summed E-state index contributed by atoms with van der Waals surface area (Å²) in [4.78, 5) is 14.1. The summed E-state index contributed by atoms with van der Waals surface area (Å²) in [5.41, 5.74) is 5.35. The van der Waals surface area contributed by atoms with E-state index in [1.807, 2.05) is 14.0 Å². The van der Waals surface area contributed by atoms with Gasteiger partial charge in [-0.3, -0.25) is 4.79 Å². The van der Waals surface area contributed by atoms with Gasteiger partial charge in [0.15, 0.2) is 0 Å². The SMILES string of the molecule is CN(CC1CC(O)C1)C(=O)C1(C)COCC1N. The summed E-state index contributed by atoms with van der Waals surface area (Å²) in [6, 6.07) is -0.218. The number of rotatable bonds is 3. The molecule has 2 rings (SSSR count). The van der Waals surface area contributed by atoms with Gasteiger partial charge in [-0.15, -0.1) is 0 Å². The second-order valence-electron chi connectivity index (χ2n) is 5.72. The van der Waals surface area contributed by atoms with Crippen LogP contribution in [0.1, 0.15) is 19.8 Å². The maximum atomic E-state index is 12.3. The van der Waals surface area contributed by atoms with Crippen LogP contribution >= 0.6 is 0 Å². The molecule has 2 aliphatic rings. The number of hydrogen-bond acceptors (Lipinski definition) is 4. The lowest BCUT2D eigenvalue weighted by Crippen LogP contribution is -2.52. The number of hydrogen-bond donors (Lipinski definition) is 2. The number of ether oxygens (including phenoxy) is 1. The molecule has 1 heterocycles. The summed E-state index contributed by atoms with van der Waals surface area (Å²) >= 11 is 0. The van der Waals surface area contributed by atoms with Crippen LogP contribution in [-0.2, 0) is 9.53 Å². The minimum absolute atomic E-state index is 0.0592. The molecular weight excluding hydrogens is 220 g/mol. The summed E-state index contributed by atoms with van der Waals surface area (Å²) in [6.45, 7) is 3.44. The predicted octanol–water partition coefficient (Wildman–Crippen LogP) is -0.420. The molecule has 0 aromatic rings. The van der Waals surface area contributed by atoms with Crippen LogP contribution in [0, 0.1) is 11.3 Å². The van der Waals surface area contributed by atoms with Gasteiger partial charge in [-0.25, -0.2) is 0 Å². The van der Waals surface area contributed by atoms with E-state index < -0.39 is 5.41 Å². The van der Waals surface area contributed by atoms with Gasteiger partial charge in [0.25, 0.3) is 0 Å². The Morgan fingerprint density at radius 3 is 2.71 bits per heavy atom. The fraction of sp³-hybridized carbons (Fsp3) is 0.917. The summed E-state index contributed by atoms with van der Waals surface area (Å²) in [7, 11) is 1.81. The number of amides is 1. The molecule has 0 aromatic heterocycles. The van der Waals surface area contributed by atoms with Crippen molar-refractivity contribution >= 4 is 5.91 Å². The van der Waals surface area contributed by atoms with Crippen LogP contribution < -0.4 is 5.73 Å². The molecule has 0 radical (unpaired) electrons. The second kappa shape index (κ2) is 4.55. The Morgan fingerprint density at radius 2 is 2.24 bits per heavy atom. The maximum Gasteiger partial charge on any atom is 0.232 e. The van der Waals surface area contributed by atoms with Gasteiger partial charge in [-0.2, -0.15) is 0 Å². The molecule has 1 saturated heterocycles. The van der Waals surface area contributed by atoms with Crippen molar-refractivity contribution in [3.63, 3.8) is 0 Å². The minimum atomic E-state index is -0.586. The molecule has 3 N–H and O–H groups in total. The van der Waals surface area contributed by atoms with E-state index in [2.05, 4.69) is 0 Å². The van der Waals surface area contributed by atoms with Gasteiger partial charge in [0.2, 0.25) is 5.91 Å². The lowest BCUT2D eigenvalue weighted by Gasteiger charge is -2.37. The van der Waals surface area contributed by atoms with Gasteiger partial charge in [0, 0.05) is 19.6 Å². The molecule has 2 fully saturated rings. The zero-order chi connectivity index (χ0) is 12.6.